The number of nitrogens with one attached hydrogen (secondary N) is 2. The zero-order valence-corrected chi connectivity index (χ0v) is 25.0. The van der Waals surface area contributed by atoms with E-state index < -0.39 is 23.0 Å². The lowest BCUT2D eigenvalue weighted by Gasteiger charge is -2.18. The second-order valence-electron chi connectivity index (χ2n) is 10.5. The molecule has 0 spiro atoms. The Kier molecular flexibility index (Phi) is 8.82. The van der Waals surface area contributed by atoms with Crippen LogP contribution in [0.15, 0.2) is 64.3 Å². The Morgan fingerprint density at radius 2 is 1.84 bits per heavy atom. The maximum atomic E-state index is 15.4. The molecule has 1 fully saturated rings. The van der Waals surface area contributed by atoms with Gasteiger partial charge in [0.25, 0.3) is 11.5 Å². The second kappa shape index (κ2) is 12.5. The fourth-order valence-electron chi connectivity index (χ4n) is 5.24. The molecule has 3 aromatic carbocycles. The van der Waals surface area contributed by atoms with E-state index in [4.69, 9.17) is 21.1 Å². The van der Waals surface area contributed by atoms with E-state index in [1.54, 1.807) is 18.2 Å². The van der Waals surface area contributed by atoms with Crippen LogP contribution in [0.4, 0.5) is 10.1 Å². The highest BCUT2D eigenvalue weighted by atomic mass is 35.5. The Morgan fingerprint density at radius 3 is 2.56 bits per heavy atom. The van der Waals surface area contributed by atoms with E-state index >= 15 is 4.39 Å². The van der Waals surface area contributed by atoms with Crippen molar-refractivity contribution in [3.63, 3.8) is 0 Å². The number of amides is 1. The number of methoxy groups -OCH3 is 1. The first kappa shape index (κ1) is 30.2. The summed E-state index contributed by atoms with van der Waals surface area (Å²) >= 11 is 6.96. The van der Waals surface area contributed by atoms with Crippen molar-refractivity contribution in [3.05, 3.63) is 103 Å². The molecule has 43 heavy (non-hydrogen) atoms. The van der Waals surface area contributed by atoms with Crippen molar-refractivity contribution < 1.29 is 18.7 Å². The summed E-state index contributed by atoms with van der Waals surface area (Å²) in [4.78, 5) is 37.7. The molecular formula is C32H32ClFN4O5. The summed E-state index contributed by atoms with van der Waals surface area (Å²) in [7, 11) is 4.30. The van der Waals surface area contributed by atoms with Crippen LogP contribution in [0, 0.1) is 12.7 Å². The van der Waals surface area contributed by atoms with Crippen molar-refractivity contribution in [2.45, 2.75) is 25.9 Å². The van der Waals surface area contributed by atoms with Gasteiger partial charge in [-0.15, -0.1) is 0 Å². The number of hydrogen-bond donors (Lipinski definition) is 2. The molecule has 11 heteroatoms. The quantitative estimate of drug-likeness (QED) is 0.302. The molecule has 4 aromatic rings. The van der Waals surface area contributed by atoms with Crippen LogP contribution in [-0.2, 0) is 25.4 Å². The van der Waals surface area contributed by atoms with Crippen LogP contribution in [0.25, 0.3) is 22.3 Å². The summed E-state index contributed by atoms with van der Waals surface area (Å²) in [6, 6.07) is 14.2. The lowest BCUT2D eigenvalue weighted by molar-refractivity contribution is 0.102. The van der Waals surface area contributed by atoms with Gasteiger partial charge in [0.05, 0.1) is 18.7 Å². The summed E-state index contributed by atoms with van der Waals surface area (Å²) in [5.74, 6) is -0.644. The third-order valence-electron chi connectivity index (χ3n) is 7.74. The van der Waals surface area contributed by atoms with E-state index in [1.807, 2.05) is 31.2 Å². The highest BCUT2D eigenvalue weighted by Gasteiger charge is 2.21. The molecule has 9 nitrogen and oxygen atoms in total. The van der Waals surface area contributed by atoms with Gasteiger partial charge in [0.1, 0.15) is 17.1 Å². The Bertz CT molecular complexity index is 1830. The van der Waals surface area contributed by atoms with Crippen LogP contribution in [0.2, 0.25) is 5.02 Å². The average molecular weight is 607 g/mol. The first-order valence-electron chi connectivity index (χ1n) is 13.7. The van der Waals surface area contributed by atoms with Crippen LogP contribution in [-0.4, -0.2) is 41.4 Å². The van der Waals surface area contributed by atoms with E-state index in [-0.39, 0.29) is 11.6 Å². The first-order chi connectivity index (χ1) is 20.6. The van der Waals surface area contributed by atoms with Gasteiger partial charge in [0.2, 0.25) is 0 Å². The van der Waals surface area contributed by atoms with Gasteiger partial charge in [-0.2, -0.15) is 0 Å². The summed E-state index contributed by atoms with van der Waals surface area (Å²) < 4.78 is 28.4. The van der Waals surface area contributed by atoms with E-state index in [0.29, 0.717) is 64.0 Å². The molecule has 224 valence electrons. The van der Waals surface area contributed by atoms with Crippen molar-refractivity contribution in [2.24, 2.45) is 14.1 Å². The molecule has 1 saturated heterocycles. The van der Waals surface area contributed by atoms with Crippen LogP contribution >= 0.6 is 11.6 Å². The third kappa shape index (κ3) is 5.99. The van der Waals surface area contributed by atoms with Crippen molar-refractivity contribution in [2.75, 3.05) is 25.6 Å². The molecule has 5 rings (SSSR count). The van der Waals surface area contributed by atoms with Crippen molar-refractivity contribution in [3.8, 4) is 28.0 Å². The fourth-order valence-corrected chi connectivity index (χ4v) is 5.58. The molecule has 1 aliphatic rings. The van der Waals surface area contributed by atoms with Gasteiger partial charge in [-0.25, -0.2) is 9.18 Å². The van der Waals surface area contributed by atoms with E-state index in [0.717, 1.165) is 16.6 Å². The van der Waals surface area contributed by atoms with E-state index in [2.05, 4.69) is 10.6 Å². The van der Waals surface area contributed by atoms with Crippen LogP contribution < -0.4 is 26.6 Å². The van der Waals surface area contributed by atoms with Crippen LogP contribution in [0.1, 0.15) is 27.9 Å². The minimum absolute atomic E-state index is 0.166. The average Bonchev–Trinajstić information content (AvgIpc) is 3.52. The molecule has 0 radical (unpaired) electrons. The zero-order chi connectivity index (χ0) is 30.8. The molecule has 1 aliphatic heterocycles. The van der Waals surface area contributed by atoms with Gasteiger partial charge in [-0.1, -0.05) is 41.9 Å². The Hall–Kier alpha value is -4.25. The molecule has 0 bridgehead atoms. The van der Waals surface area contributed by atoms with Crippen LogP contribution in [0.3, 0.4) is 0 Å². The number of hydrogen-bond acceptors (Lipinski definition) is 6. The second-order valence-corrected chi connectivity index (χ2v) is 10.9. The molecule has 0 unspecified atom stereocenters. The predicted molar refractivity (Wildman–Crippen MR) is 165 cm³/mol. The van der Waals surface area contributed by atoms with E-state index in [1.165, 1.54) is 38.0 Å². The maximum Gasteiger partial charge on any atom is 0.330 e. The SMILES string of the molecule is COc1cc(-c2cccc(-c3cccc(NC(=O)c4cn(C)c(=O)n(C)c4=O)c3C)c2Cl)cc(F)c1CN[C@H]1CCOC1. The smallest absolute Gasteiger partial charge is 0.330 e. The predicted octanol–water partition coefficient (Wildman–Crippen LogP) is 4.66. The Balaban J connectivity index is 1.47. The van der Waals surface area contributed by atoms with Gasteiger partial charge < -0.3 is 24.7 Å². The molecule has 2 heterocycles. The van der Waals surface area contributed by atoms with Crippen molar-refractivity contribution in [1.29, 1.82) is 0 Å². The summed E-state index contributed by atoms with van der Waals surface area (Å²) in [5, 5.41) is 6.51. The lowest BCUT2D eigenvalue weighted by Crippen LogP contribution is -2.40. The number of aromatic nitrogens is 2. The minimum Gasteiger partial charge on any atom is -0.496 e. The number of rotatable bonds is 8. The first-order valence-corrected chi connectivity index (χ1v) is 14.1. The van der Waals surface area contributed by atoms with Crippen molar-refractivity contribution >= 4 is 23.2 Å². The zero-order valence-electron chi connectivity index (χ0n) is 24.3. The van der Waals surface area contributed by atoms with Crippen molar-refractivity contribution in [1.82, 2.24) is 14.5 Å². The van der Waals surface area contributed by atoms with Gasteiger partial charge in [-0.05, 0) is 48.2 Å². The fraction of sp³-hybridized carbons (Fsp3) is 0.281. The number of carbonyl (C=O) groups excluding carboxylic acids is 1. The Labute approximate surface area is 252 Å². The summed E-state index contributed by atoms with van der Waals surface area (Å²) in [5.41, 5.74) is 2.80. The number of benzene rings is 3. The number of carbonyl (C=O) groups is 1. The molecule has 1 aromatic heterocycles. The molecule has 0 saturated carbocycles. The number of halogens is 2. The topological polar surface area (TPSA) is 104 Å². The molecule has 1 atom stereocenters. The normalized spacial score (nSPS) is 14.6. The summed E-state index contributed by atoms with van der Waals surface area (Å²) in [6.45, 7) is 3.42. The lowest BCUT2D eigenvalue weighted by atomic mass is 9.94. The molecule has 0 aliphatic carbocycles. The molecular weight excluding hydrogens is 575 g/mol. The minimum atomic E-state index is -0.692. The van der Waals surface area contributed by atoms with Gasteiger partial charge in [0, 0.05) is 61.9 Å². The highest BCUT2D eigenvalue weighted by Crippen LogP contribution is 2.40. The third-order valence-corrected chi connectivity index (χ3v) is 8.15. The molecule has 2 N–H and O–H groups in total. The van der Waals surface area contributed by atoms with Gasteiger partial charge in [-0.3, -0.25) is 14.2 Å². The molecule has 1 amide bonds. The van der Waals surface area contributed by atoms with Gasteiger partial charge in [0.15, 0.2) is 0 Å². The monoisotopic (exact) mass is 606 g/mol. The standard InChI is InChI=1S/C32H32ClFN4O5/c1-18-21(7-6-10-27(18)36-30(39)25-16-37(2)32(41)38(3)31(25)40)23-9-5-8-22(29(23)33)19-13-26(34)24(28(14-19)42-4)15-35-20-11-12-43-17-20/h5-10,13-14,16,20,35H,11-12,15,17H2,1-4H3,(H,36,39)/t20-/m0/s1. The van der Waals surface area contributed by atoms with E-state index in [9.17, 15) is 14.4 Å². The summed E-state index contributed by atoms with van der Waals surface area (Å²) in [6.07, 6.45) is 2.10. The number of anilines is 1. The number of aryl methyl sites for hydroxylation is 1. The number of nitrogens with zero attached hydrogens (tertiary/aromatic N) is 2. The Morgan fingerprint density at radius 1 is 1.12 bits per heavy atom. The highest BCUT2D eigenvalue weighted by molar-refractivity contribution is 6.36. The van der Waals surface area contributed by atoms with Crippen LogP contribution in [0.5, 0.6) is 5.75 Å². The largest absolute Gasteiger partial charge is 0.496 e. The number of ether oxygens (including phenoxy) is 2. The van der Waals surface area contributed by atoms with Gasteiger partial charge >= 0.3 is 5.69 Å². The maximum absolute atomic E-state index is 15.4.